The summed E-state index contributed by atoms with van der Waals surface area (Å²) in [5.74, 6) is 0.390. The maximum Gasteiger partial charge on any atom is 0.289 e. The molecule has 132 valence electrons. The Kier molecular flexibility index (Phi) is 4.08. The van der Waals surface area contributed by atoms with Gasteiger partial charge in [0.05, 0.1) is 0 Å². The molecule has 1 atom stereocenters. The fourth-order valence-electron chi connectivity index (χ4n) is 3.12. The van der Waals surface area contributed by atoms with Gasteiger partial charge in [-0.3, -0.25) is 14.0 Å². The highest BCUT2D eigenvalue weighted by Gasteiger charge is 2.31. The van der Waals surface area contributed by atoms with E-state index in [1.54, 1.807) is 21.6 Å². The van der Waals surface area contributed by atoms with E-state index in [9.17, 15) is 9.59 Å². The second kappa shape index (κ2) is 6.55. The van der Waals surface area contributed by atoms with Crippen LogP contribution in [0.25, 0.3) is 5.78 Å². The first-order valence-electron chi connectivity index (χ1n) is 8.44. The summed E-state index contributed by atoms with van der Waals surface area (Å²) in [6.07, 6.45) is 2.14. The first kappa shape index (κ1) is 16.2. The van der Waals surface area contributed by atoms with Crippen molar-refractivity contribution in [3.05, 3.63) is 54.1 Å². The molecule has 4 rings (SSSR count). The van der Waals surface area contributed by atoms with Crippen molar-refractivity contribution < 1.29 is 9.59 Å². The molecule has 1 fully saturated rings. The van der Waals surface area contributed by atoms with Crippen LogP contribution in [-0.2, 0) is 4.79 Å². The predicted octanol–water partition coefficient (Wildman–Crippen LogP) is 1.22. The third-order valence-corrected chi connectivity index (χ3v) is 4.45. The summed E-state index contributed by atoms with van der Waals surface area (Å²) in [5.41, 5.74) is 1.69. The van der Waals surface area contributed by atoms with Gasteiger partial charge in [0.15, 0.2) is 0 Å². The number of nitrogens with one attached hydrogen (secondary N) is 1. The van der Waals surface area contributed by atoms with E-state index in [1.165, 1.54) is 0 Å². The average molecular weight is 350 g/mol. The van der Waals surface area contributed by atoms with Crippen molar-refractivity contribution in [3.63, 3.8) is 0 Å². The molecule has 0 unspecified atom stereocenters. The van der Waals surface area contributed by atoms with Gasteiger partial charge in [-0.05, 0) is 25.1 Å². The highest BCUT2D eigenvalue weighted by Crippen LogP contribution is 2.24. The molecule has 2 aromatic heterocycles. The number of hydrogen-bond donors (Lipinski definition) is 1. The van der Waals surface area contributed by atoms with Crippen LogP contribution in [0.3, 0.4) is 0 Å². The summed E-state index contributed by atoms with van der Waals surface area (Å²) in [6, 6.07) is 11.3. The largest absolute Gasteiger partial charge is 0.349 e. The molecular formula is C18H18N6O2. The van der Waals surface area contributed by atoms with Gasteiger partial charge in [0.25, 0.3) is 11.7 Å². The summed E-state index contributed by atoms with van der Waals surface area (Å²) in [7, 11) is 0. The Morgan fingerprint density at radius 1 is 1.23 bits per heavy atom. The number of para-hydroxylation sites is 1. The number of aryl methyl sites for hydroxylation is 1. The Labute approximate surface area is 149 Å². The van der Waals surface area contributed by atoms with Crippen LogP contribution in [0.5, 0.6) is 0 Å². The van der Waals surface area contributed by atoms with Crippen molar-refractivity contribution in [3.8, 4) is 0 Å². The number of hydrogen-bond acceptors (Lipinski definition) is 5. The molecule has 0 aliphatic carbocycles. The van der Waals surface area contributed by atoms with E-state index in [2.05, 4.69) is 20.5 Å². The van der Waals surface area contributed by atoms with Gasteiger partial charge >= 0.3 is 0 Å². The molecule has 1 saturated heterocycles. The lowest BCUT2D eigenvalue weighted by molar-refractivity contribution is -0.117. The van der Waals surface area contributed by atoms with E-state index in [4.69, 9.17) is 0 Å². The highest BCUT2D eigenvalue weighted by molar-refractivity contribution is 5.96. The van der Waals surface area contributed by atoms with Crippen LogP contribution in [0.4, 0.5) is 5.69 Å². The third-order valence-electron chi connectivity index (χ3n) is 4.45. The second-order valence-corrected chi connectivity index (χ2v) is 6.38. The smallest absolute Gasteiger partial charge is 0.289 e. The van der Waals surface area contributed by atoms with Gasteiger partial charge in [0, 0.05) is 43.0 Å². The monoisotopic (exact) mass is 350 g/mol. The van der Waals surface area contributed by atoms with E-state index >= 15 is 0 Å². The molecule has 0 radical (unpaired) electrons. The average Bonchev–Trinajstić information content (AvgIpc) is 3.23. The Hall–Kier alpha value is -3.29. The van der Waals surface area contributed by atoms with Crippen molar-refractivity contribution in [1.29, 1.82) is 0 Å². The van der Waals surface area contributed by atoms with Gasteiger partial charge < -0.3 is 10.2 Å². The molecule has 8 nitrogen and oxygen atoms in total. The summed E-state index contributed by atoms with van der Waals surface area (Å²) in [4.78, 5) is 30.7. The lowest BCUT2D eigenvalue weighted by Crippen LogP contribution is -2.32. The molecule has 1 aliphatic heterocycles. The number of rotatable bonds is 4. The lowest BCUT2D eigenvalue weighted by Gasteiger charge is -2.16. The third kappa shape index (κ3) is 3.01. The van der Waals surface area contributed by atoms with Crippen LogP contribution in [0, 0.1) is 12.8 Å². The van der Waals surface area contributed by atoms with Crippen LogP contribution in [-0.4, -0.2) is 44.5 Å². The zero-order chi connectivity index (χ0) is 18.1. The SMILES string of the molecule is Cc1ccn2c(C(=O)NC[C@H]3CC(=O)N(c4ccccc4)C3)nnc2n1. The molecule has 0 bridgehead atoms. The molecule has 0 spiro atoms. The number of carbonyl (C=O) groups is 2. The minimum Gasteiger partial charge on any atom is -0.349 e. The summed E-state index contributed by atoms with van der Waals surface area (Å²) >= 11 is 0. The van der Waals surface area contributed by atoms with E-state index in [0.717, 1.165) is 11.4 Å². The van der Waals surface area contributed by atoms with E-state index in [0.29, 0.717) is 25.3 Å². The number of amides is 2. The number of anilines is 1. The number of fused-ring (bicyclic) bond motifs is 1. The van der Waals surface area contributed by atoms with Crippen molar-refractivity contribution in [1.82, 2.24) is 24.9 Å². The first-order chi connectivity index (χ1) is 12.6. The standard InChI is InChI=1S/C18H18N6O2/c1-12-7-8-23-16(21-22-18(23)20-12)17(26)19-10-13-9-15(25)24(11-13)14-5-3-2-4-6-14/h2-8,13H,9-11H2,1H3,(H,19,26)/t13-/m1/s1. The van der Waals surface area contributed by atoms with Crippen molar-refractivity contribution in [2.75, 3.05) is 18.0 Å². The molecule has 3 aromatic rings. The number of aromatic nitrogens is 4. The minimum atomic E-state index is -0.325. The van der Waals surface area contributed by atoms with Gasteiger partial charge in [-0.15, -0.1) is 10.2 Å². The summed E-state index contributed by atoms with van der Waals surface area (Å²) in [6.45, 7) is 2.84. The normalized spacial score (nSPS) is 17.0. The molecule has 26 heavy (non-hydrogen) atoms. The maximum absolute atomic E-state index is 12.4. The van der Waals surface area contributed by atoms with Gasteiger partial charge in [-0.1, -0.05) is 18.2 Å². The Balaban J connectivity index is 1.41. The number of nitrogens with zero attached hydrogens (tertiary/aromatic N) is 5. The Morgan fingerprint density at radius 3 is 2.85 bits per heavy atom. The van der Waals surface area contributed by atoms with Gasteiger partial charge in [-0.2, -0.15) is 0 Å². The zero-order valence-electron chi connectivity index (χ0n) is 14.3. The lowest BCUT2D eigenvalue weighted by atomic mass is 10.1. The zero-order valence-corrected chi connectivity index (χ0v) is 14.3. The number of benzene rings is 1. The fraction of sp³-hybridized carbons (Fsp3) is 0.278. The molecular weight excluding hydrogens is 332 g/mol. The summed E-state index contributed by atoms with van der Waals surface area (Å²) < 4.78 is 1.55. The van der Waals surface area contributed by atoms with Crippen LogP contribution in [0.2, 0.25) is 0 Å². The quantitative estimate of drug-likeness (QED) is 0.764. The second-order valence-electron chi connectivity index (χ2n) is 6.38. The topological polar surface area (TPSA) is 92.5 Å². The maximum atomic E-state index is 12.4. The van der Waals surface area contributed by atoms with Crippen molar-refractivity contribution in [2.24, 2.45) is 5.92 Å². The van der Waals surface area contributed by atoms with E-state index < -0.39 is 0 Å². The van der Waals surface area contributed by atoms with Gasteiger partial charge in [0.1, 0.15) is 0 Å². The predicted molar refractivity (Wildman–Crippen MR) is 94.8 cm³/mol. The van der Waals surface area contributed by atoms with Crippen LogP contribution in [0.15, 0.2) is 42.6 Å². The highest BCUT2D eigenvalue weighted by atomic mass is 16.2. The summed E-state index contributed by atoms with van der Waals surface area (Å²) in [5, 5.41) is 10.7. The molecule has 3 heterocycles. The Morgan fingerprint density at radius 2 is 2.04 bits per heavy atom. The Bertz CT molecular complexity index is 968. The molecule has 1 N–H and O–H groups in total. The van der Waals surface area contributed by atoms with Crippen LogP contribution < -0.4 is 10.2 Å². The van der Waals surface area contributed by atoms with Crippen molar-refractivity contribution in [2.45, 2.75) is 13.3 Å². The van der Waals surface area contributed by atoms with E-state index in [1.807, 2.05) is 37.3 Å². The molecule has 2 amide bonds. The molecule has 8 heteroatoms. The number of carbonyl (C=O) groups excluding carboxylic acids is 2. The van der Waals surface area contributed by atoms with Crippen molar-refractivity contribution >= 4 is 23.3 Å². The first-order valence-corrected chi connectivity index (χ1v) is 8.44. The van der Waals surface area contributed by atoms with Crippen LogP contribution in [0.1, 0.15) is 22.7 Å². The van der Waals surface area contributed by atoms with Gasteiger partial charge in [0.2, 0.25) is 11.7 Å². The minimum absolute atomic E-state index is 0.0613. The van der Waals surface area contributed by atoms with E-state index in [-0.39, 0.29) is 23.6 Å². The molecule has 1 aromatic carbocycles. The van der Waals surface area contributed by atoms with Gasteiger partial charge in [-0.25, -0.2) is 4.98 Å². The fourth-order valence-corrected chi connectivity index (χ4v) is 3.12. The van der Waals surface area contributed by atoms with Crippen LogP contribution >= 0.6 is 0 Å². The molecule has 0 saturated carbocycles. The molecule has 1 aliphatic rings.